The predicted octanol–water partition coefficient (Wildman–Crippen LogP) is 1.91. The van der Waals surface area contributed by atoms with Crippen molar-refractivity contribution in [1.29, 1.82) is 0 Å². The minimum absolute atomic E-state index is 0.0473. The highest BCUT2D eigenvalue weighted by Crippen LogP contribution is 2.17. The summed E-state index contributed by atoms with van der Waals surface area (Å²) >= 11 is 0. The van der Waals surface area contributed by atoms with E-state index in [9.17, 15) is 9.59 Å². The van der Waals surface area contributed by atoms with Gasteiger partial charge in [0.1, 0.15) is 0 Å². The molecule has 1 fully saturated rings. The number of anilines is 2. The molecule has 1 aromatic carbocycles. The van der Waals surface area contributed by atoms with Crippen LogP contribution in [0.4, 0.5) is 16.2 Å². The van der Waals surface area contributed by atoms with Crippen molar-refractivity contribution in [3.8, 4) is 0 Å². The molecule has 0 aromatic heterocycles. The lowest BCUT2D eigenvalue weighted by Gasteiger charge is -2.12. The molecular weight excluding hydrogens is 268 g/mol. The third-order valence-corrected chi connectivity index (χ3v) is 3.56. The van der Waals surface area contributed by atoms with Crippen molar-refractivity contribution in [2.75, 3.05) is 24.2 Å². The van der Waals surface area contributed by atoms with E-state index >= 15 is 0 Å². The Morgan fingerprint density at radius 2 is 1.62 bits per heavy atom. The van der Waals surface area contributed by atoms with Crippen molar-refractivity contribution in [3.05, 3.63) is 24.3 Å². The number of amides is 3. The van der Waals surface area contributed by atoms with Crippen molar-refractivity contribution in [2.24, 2.45) is 0 Å². The molecule has 3 amide bonds. The summed E-state index contributed by atoms with van der Waals surface area (Å²) in [4.78, 5) is 23.0. The van der Waals surface area contributed by atoms with Crippen LogP contribution in [0.5, 0.6) is 0 Å². The summed E-state index contributed by atoms with van der Waals surface area (Å²) in [6, 6.07) is 7.23. The second-order valence-corrected chi connectivity index (χ2v) is 5.19. The molecule has 1 aromatic rings. The van der Waals surface area contributed by atoms with Gasteiger partial charge in [-0.25, -0.2) is 4.79 Å². The number of hydrogen-bond acceptors (Lipinski definition) is 3. The second kappa shape index (κ2) is 7.64. The highest BCUT2D eigenvalue weighted by molar-refractivity contribution is 5.93. The number of benzene rings is 1. The molecule has 0 heterocycles. The van der Waals surface area contributed by atoms with Gasteiger partial charge in [0.2, 0.25) is 5.91 Å². The summed E-state index contributed by atoms with van der Waals surface area (Å²) in [5.74, 6) is -0.0473. The van der Waals surface area contributed by atoms with Gasteiger partial charge in [-0.05, 0) is 37.1 Å². The SMILES string of the molecule is CNC(=O)Nc1ccc(NC(=O)CNC2CCCC2)cc1. The van der Waals surface area contributed by atoms with Gasteiger partial charge in [0.25, 0.3) is 0 Å². The van der Waals surface area contributed by atoms with E-state index in [4.69, 9.17) is 0 Å². The largest absolute Gasteiger partial charge is 0.341 e. The molecule has 0 saturated heterocycles. The summed E-state index contributed by atoms with van der Waals surface area (Å²) in [6.07, 6.45) is 4.82. The Morgan fingerprint density at radius 3 is 2.19 bits per heavy atom. The van der Waals surface area contributed by atoms with Crippen molar-refractivity contribution in [1.82, 2.24) is 10.6 Å². The average molecular weight is 290 g/mol. The van der Waals surface area contributed by atoms with Gasteiger partial charge in [-0.1, -0.05) is 12.8 Å². The minimum Gasteiger partial charge on any atom is -0.341 e. The smallest absolute Gasteiger partial charge is 0.318 e. The molecule has 1 saturated carbocycles. The Kier molecular flexibility index (Phi) is 5.57. The molecule has 4 N–H and O–H groups in total. The van der Waals surface area contributed by atoms with E-state index in [2.05, 4.69) is 21.3 Å². The number of nitrogens with one attached hydrogen (secondary N) is 4. The number of carbonyl (C=O) groups excluding carboxylic acids is 2. The van der Waals surface area contributed by atoms with Crippen LogP contribution in [0.25, 0.3) is 0 Å². The van der Waals surface area contributed by atoms with Crippen LogP contribution in [0.15, 0.2) is 24.3 Å². The van der Waals surface area contributed by atoms with Gasteiger partial charge in [-0.15, -0.1) is 0 Å². The highest BCUT2D eigenvalue weighted by Gasteiger charge is 2.15. The lowest BCUT2D eigenvalue weighted by atomic mass is 10.2. The second-order valence-electron chi connectivity index (χ2n) is 5.19. The van der Waals surface area contributed by atoms with Crippen molar-refractivity contribution in [3.63, 3.8) is 0 Å². The predicted molar refractivity (Wildman–Crippen MR) is 83.4 cm³/mol. The van der Waals surface area contributed by atoms with Crippen molar-refractivity contribution < 1.29 is 9.59 Å². The molecule has 0 bridgehead atoms. The van der Waals surface area contributed by atoms with Gasteiger partial charge in [-0.2, -0.15) is 0 Å². The summed E-state index contributed by atoms with van der Waals surface area (Å²) < 4.78 is 0. The maximum absolute atomic E-state index is 11.8. The lowest BCUT2D eigenvalue weighted by molar-refractivity contribution is -0.115. The van der Waals surface area contributed by atoms with Crippen LogP contribution >= 0.6 is 0 Å². The zero-order valence-corrected chi connectivity index (χ0v) is 12.2. The van der Waals surface area contributed by atoms with Crippen LogP contribution < -0.4 is 21.3 Å². The molecule has 1 aliphatic rings. The molecular formula is C15H22N4O2. The molecule has 1 aliphatic carbocycles. The van der Waals surface area contributed by atoms with Gasteiger partial charge >= 0.3 is 6.03 Å². The minimum atomic E-state index is -0.271. The average Bonchev–Trinajstić information content (AvgIpc) is 3.00. The van der Waals surface area contributed by atoms with Crippen LogP contribution in [0, 0.1) is 0 Å². The standard InChI is InChI=1S/C15H22N4O2/c1-16-15(21)19-13-8-6-12(7-9-13)18-14(20)10-17-11-4-2-3-5-11/h6-9,11,17H,2-5,10H2,1H3,(H,18,20)(H2,16,19,21). The summed E-state index contributed by atoms with van der Waals surface area (Å²) in [5.41, 5.74) is 1.40. The first-order valence-corrected chi connectivity index (χ1v) is 7.29. The lowest BCUT2D eigenvalue weighted by Crippen LogP contribution is -2.34. The van der Waals surface area contributed by atoms with Crippen LogP contribution in [-0.4, -0.2) is 31.6 Å². The normalized spacial score (nSPS) is 14.7. The Morgan fingerprint density at radius 1 is 1.05 bits per heavy atom. The zero-order valence-electron chi connectivity index (χ0n) is 12.2. The first kappa shape index (κ1) is 15.3. The van der Waals surface area contributed by atoms with E-state index in [1.807, 2.05) is 0 Å². The molecule has 0 atom stereocenters. The first-order chi connectivity index (χ1) is 10.2. The molecule has 0 radical (unpaired) electrons. The van der Waals surface area contributed by atoms with Gasteiger partial charge in [-0.3, -0.25) is 4.79 Å². The molecule has 0 unspecified atom stereocenters. The Labute approximate surface area is 124 Å². The van der Waals surface area contributed by atoms with Gasteiger partial charge in [0, 0.05) is 24.5 Å². The first-order valence-electron chi connectivity index (χ1n) is 7.29. The van der Waals surface area contributed by atoms with Crippen LogP contribution in [0.2, 0.25) is 0 Å². The van der Waals surface area contributed by atoms with Crippen LogP contribution in [0.1, 0.15) is 25.7 Å². The molecule has 0 spiro atoms. The fraction of sp³-hybridized carbons (Fsp3) is 0.467. The monoisotopic (exact) mass is 290 g/mol. The fourth-order valence-corrected chi connectivity index (χ4v) is 2.40. The van der Waals surface area contributed by atoms with E-state index in [1.165, 1.54) is 12.8 Å². The third kappa shape index (κ3) is 5.07. The molecule has 0 aliphatic heterocycles. The highest BCUT2D eigenvalue weighted by atomic mass is 16.2. The molecule has 6 nitrogen and oxygen atoms in total. The topological polar surface area (TPSA) is 82.3 Å². The quantitative estimate of drug-likeness (QED) is 0.668. The van der Waals surface area contributed by atoms with Crippen molar-refractivity contribution >= 4 is 23.3 Å². The van der Waals surface area contributed by atoms with Gasteiger partial charge < -0.3 is 21.3 Å². The number of urea groups is 1. The van der Waals surface area contributed by atoms with Crippen molar-refractivity contribution in [2.45, 2.75) is 31.7 Å². The summed E-state index contributed by atoms with van der Waals surface area (Å²) in [7, 11) is 1.56. The zero-order chi connectivity index (χ0) is 15.1. The van der Waals surface area contributed by atoms with Crippen LogP contribution in [-0.2, 0) is 4.79 Å². The number of carbonyl (C=O) groups is 2. The van der Waals surface area contributed by atoms with E-state index in [0.717, 1.165) is 18.5 Å². The molecule has 21 heavy (non-hydrogen) atoms. The van der Waals surface area contributed by atoms with E-state index in [0.29, 0.717) is 18.3 Å². The Balaban J connectivity index is 1.76. The fourth-order valence-electron chi connectivity index (χ4n) is 2.40. The maximum atomic E-state index is 11.8. The van der Waals surface area contributed by atoms with E-state index in [-0.39, 0.29) is 11.9 Å². The van der Waals surface area contributed by atoms with Crippen LogP contribution in [0.3, 0.4) is 0 Å². The van der Waals surface area contributed by atoms with Gasteiger partial charge in [0.05, 0.1) is 6.54 Å². The molecule has 2 rings (SSSR count). The number of hydrogen-bond donors (Lipinski definition) is 4. The van der Waals surface area contributed by atoms with E-state index in [1.54, 1.807) is 31.3 Å². The van der Waals surface area contributed by atoms with E-state index < -0.39 is 0 Å². The summed E-state index contributed by atoms with van der Waals surface area (Å²) in [5, 5.41) is 11.2. The number of rotatable bonds is 5. The third-order valence-electron chi connectivity index (χ3n) is 3.56. The molecule has 6 heteroatoms. The Bertz CT molecular complexity index is 481. The maximum Gasteiger partial charge on any atom is 0.318 e. The summed E-state index contributed by atoms with van der Waals surface area (Å²) in [6.45, 7) is 0.336. The van der Waals surface area contributed by atoms with Gasteiger partial charge in [0.15, 0.2) is 0 Å². The molecule has 114 valence electrons. The Hall–Kier alpha value is -2.08.